The van der Waals surface area contributed by atoms with Gasteiger partial charge < -0.3 is 5.73 Å². The van der Waals surface area contributed by atoms with E-state index in [4.69, 9.17) is 5.73 Å². The van der Waals surface area contributed by atoms with Crippen LogP contribution in [0.2, 0.25) is 0 Å². The Kier molecular flexibility index (Phi) is 3.83. The lowest BCUT2D eigenvalue weighted by atomic mass is 10.1. The molecule has 0 aliphatic rings. The molecule has 1 heterocycles. The summed E-state index contributed by atoms with van der Waals surface area (Å²) >= 11 is 4.74. The molecule has 102 valence electrons. The van der Waals surface area contributed by atoms with Gasteiger partial charge in [0, 0.05) is 0 Å². The number of nitrogens with two attached hydrogens (primary N) is 1. The van der Waals surface area contributed by atoms with Crippen molar-refractivity contribution in [2.45, 2.75) is 12.5 Å². The van der Waals surface area contributed by atoms with Crippen molar-refractivity contribution in [1.29, 1.82) is 0 Å². The van der Waals surface area contributed by atoms with Gasteiger partial charge in [-0.3, -0.25) is 0 Å². The Bertz CT molecular complexity index is 723. The summed E-state index contributed by atoms with van der Waals surface area (Å²) in [6, 6.07) is 12.8. The predicted molar refractivity (Wildman–Crippen MR) is 84.4 cm³/mol. The summed E-state index contributed by atoms with van der Waals surface area (Å²) in [6.45, 7) is 0. The van der Waals surface area contributed by atoms with Gasteiger partial charge in [-0.2, -0.15) is 0 Å². The van der Waals surface area contributed by atoms with Crippen LogP contribution in [0.5, 0.6) is 0 Å². The van der Waals surface area contributed by atoms with Gasteiger partial charge in [0.25, 0.3) is 0 Å². The Morgan fingerprint density at radius 1 is 1.25 bits per heavy atom. The van der Waals surface area contributed by atoms with E-state index in [1.54, 1.807) is 17.4 Å². The van der Waals surface area contributed by atoms with Crippen LogP contribution in [0, 0.1) is 5.82 Å². The maximum atomic E-state index is 13.5. The normalized spacial score (nSPS) is 12.8. The van der Waals surface area contributed by atoms with E-state index in [0.717, 1.165) is 20.8 Å². The molecule has 1 aromatic heterocycles. The first-order valence-corrected chi connectivity index (χ1v) is 7.79. The number of thiazole rings is 1. The van der Waals surface area contributed by atoms with E-state index in [1.165, 1.54) is 6.07 Å². The van der Waals surface area contributed by atoms with Gasteiger partial charge in [0.2, 0.25) is 0 Å². The van der Waals surface area contributed by atoms with Crippen molar-refractivity contribution in [3.05, 3.63) is 63.3 Å². The van der Waals surface area contributed by atoms with Crippen molar-refractivity contribution >= 4 is 37.5 Å². The van der Waals surface area contributed by atoms with Crippen molar-refractivity contribution in [2.75, 3.05) is 0 Å². The Morgan fingerprint density at radius 3 is 2.80 bits per heavy atom. The number of hydrogen-bond acceptors (Lipinski definition) is 3. The van der Waals surface area contributed by atoms with Gasteiger partial charge in [0.05, 0.1) is 20.7 Å². The number of hydrogen-bond donors (Lipinski definition) is 1. The summed E-state index contributed by atoms with van der Waals surface area (Å²) in [5, 5.41) is 0.884. The lowest BCUT2D eigenvalue weighted by Gasteiger charge is -2.08. The van der Waals surface area contributed by atoms with E-state index >= 15 is 0 Å². The monoisotopic (exact) mass is 350 g/mol. The van der Waals surface area contributed by atoms with Crippen molar-refractivity contribution < 1.29 is 4.39 Å². The number of para-hydroxylation sites is 1. The molecule has 2 aromatic carbocycles. The van der Waals surface area contributed by atoms with Gasteiger partial charge in [0.1, 0.15) is 10.8 Å². The summed E-state index contributed by atoms with van der Waals surface area (Å²) in [6.07, 6.45) is 0.573. The average Bonchev–Trinajstić information content (AvgIpc) is 2.87. The summed E-state index contributed by atoms with van der Waals surface area (Å²) in [5.74, 6) is -0.265. The molecular formula is C15H12BrFN2S. The summed E-state index contributed by atoms with van der Waals surface area (Å²) in [4.78, 5) is 4.54. The molecule has 0 fully saturated rings. The molecule has 0 aliphatic heterocycles. The van der Waals surface area contributed by atoms with E-state index in [9.17, 15) is 4.39 Å². The smallest absolute Gasteiger partial charge is 0.137 e. The lowest BCUT2D eigenvalue weighted by molar-refractivity contribution is 0.615. The number of halogens is 2. The molecule has 5 heteroatoms. The third-order valence-corrected chi connectivity index (χ3v) is 4.88. The van der Waals surface area contributed by atoms with Crippen LogP contribution < -0.4 is 5.73 Å². The fourth-order valence-corrected chi connectivity index (χ4v) is 3.27. The van der Waals surface area contributed by atoms with E-state index in [2.05, 4.69) is 20.9 Å². The van der Waals surface area contributed by atoms with Crippen LogP contribution >= 0.6 is 27.3 Å². The van der Waals surface area contributed by atoms with Crippen LogP contribution in [-0.2, 0) is 6.42 Å². The number of rotatable bonds is 3. The number of benzene rings is 2. The fourth-order valence-electron chi connectivity index (χ4n) is 2.06. The highest BCUT2D eigenvalue weighted by Gasteiger charge is 2.13. The highest BCUT2D eigenvalue weighted by atomic mass is 79.9. The summed E-state index contributed by atoms with van der Waals surface area (Å²) in [7, 11) is 0. The van der Waals surface area contributed by atoms with Crippen molar-refractivity contribution in [3.8, 4) is 0 Å². The van der Waals surface area contributed by atoms with Gasteiger partial charge in [-0.1, -0.05) is 18.2 Å². The molecule has 0 spiro atoms. The Balaban J connectivity index is 1.84. The molecule has 0 radical (unpaired) electrons. The number of fused-ring (bicyclic) bond motifs is 1. The third kappa shape index (κ3) is 2.75. The molecule has 3 rings (SSSR count). The maximum absolute atomic E-state index is 13.5. The minimum atomic E-state index is -0.265. The second kappa shape index (κ2) is 5.60. The first-order valence-electron chi connectivity index (χ1n) is 6.18. The van der Waals surface area contributed by atoms with E-state index < -0.39 is 0 Å². The third-order valence-electron chi connectivity index (χ3n) is 3.07. The SMILES string of the molecule is NC(Cc1ccc(Br)c(F)c1)c1nc2ccccc2s1. The predicted octanol–water partition coefficient (Wildman–Crippen LogP) is 4.44. The highest BCUT2D eigenvalue weighted by molar-refractivity contribution is 9.10. The van der Waals surface area contributed by atoms with Crippen molar-refractivity contribution in [3.63, 3.8) is 0 Å². The minimum Gasteiger partial charge on any atom is -0.322 e. The highest BCUT2D eigenvalue weighted by Crippen LogP contribution is 2.27. The summed E-state index contributed by atoms with van der Waals surface area (Å²) < 4.78 is 15.1. The molecule has 20 heavy (non-hydrogen) atoms. The fraction of sp³-hybridized carbons (Fsp3) is 0.133. The minimum absolute atomic E-state index is 0.215. The number of nitrogens with zero attached hydrogens (tertiary/aromatic N) is 1. The number of aromatic nitrogens is 1. The molecule has 0 bridgehead atoms. The van der Waals surface area contributed by atoms with Crippen LogP contribution in [0.25, 0.3) is 10.2 Å². The molecule has 1 unspecified atom stereocenters. The largest absolute Gasteiger partial charge is 0.322 e. The van der Waals surface area contributed by atoms with Gasteiger partial charge >= 0.3 is 0 Å². The van der Waals surface area contributed by atoms with Gasteiger partial charge in [-0.25, -0.2) is 9.37 Å². The molecule has 3 aromatic rings. The second-order valence-corrected chi connectivity index (χ2v) is 6.50. The first-order chi connectivity index (χ1) is 9.63. The molecule has 0 amide bonds. The van der Waals surface area contributed by atoms with Gasteiger partial charge in [-0.05, 0) is 52.2 Å². The molecule has 1 atom stereocenters. The molecule has 0 saturated carbocycles. The van der Waals surface area contributed by atoms with E-state index in [1.807, 2.05) is 30.3 Å². The average molecular weight is 351 g/mol. The second-order valence-electron chi connectivity index (χ2n) is 4.58. The van der Waals surface area contributed by atoms with Gasteiger partial charge in [0.15, 0.2) is 0 Å². The molecule has 0 saturated heterocycles. The zero-order valence-corrected chi connectivity index (χ0v) is 12.9. The van der Waals surface area contributed by atoms with Crippen LogP contribution in [0.3, 0.4) is 0 Å². The molecule has 2 N–H and O–H groups in total. The lowest BCUT2D eigenvalue weighted by Crippen LogP contribution is -2.13. The maximum Gasteiger partial charge on any atom is 0.137 e. The van der Waals surface area contributed by atoms with Crippen molar-refractivity contribution in [2.24, 2.45) is 5.73 Å². The standard InChI is InChI=1S/C15H12BrFN2S/c16-10-6-5-9(7-11(10)17)8-12(18)15-19-13-3-1-2-4-14(13)20-15/h1-7,12H,8,18H2. The van der Waals surface area contributed by atoms with Crippen LogP contribution in [0.15, 0.2) is 46.9 Å². The summed E-state index contributed by atoms with van der Waals surface area (Å²) in [5.41, 5.74) is 8.03. The Labute approximate surface area is 128 Å². The van der Waals surface area contributed by atoms with Crippen LogP contribution in [-0.4, -0.2) is 4.98 Å². The molecule has 0 aliphatic carbocycles. The van der Waals surface area contributed by atoms with Gasteiger partial charge in [-0.15, -0.1) is 11.3 Å². The van der Waals surface area contributed by atoms with Crippen LogP contribution in [0.4, 0.5) is 4.39 Å². The van der Waals surface area contributed by atoms with E-state index in [-0.39, 0.29) is 11.9 Å². The zero-order valence-electron chi connectivity index (χ0n) is 10.5. The van der Waals surface area contributed by atoms with Crippen molar-refractivity contribution in [1.82, 2.24) is 4.98 Å². The zero-order chi connectivity index (χ0) is 14.1. The van der Waals surface area contributed by atoms with E-state index in [0.29, 0.717) is 10.9 Å². The van der Waals surface area contributed by atoms with Crippen LogP contribution in [0.1, 0.15) is 16.6 Å². The molecular weight excluding hydrogens is 339 g/mol. The quantitative estimate of drug-likeness (QED) is 0.758. The first kappa shape index (κ1) is 13.7. The topological polar surface area (TPSA) is 38.9 Å². The Morgan fingerprint density at radius 2 is 2.05 bits per heavy atom. The molecule has 2 nitrogen and oxygen atoms in total. The Hall–Kier alpha value is -1.30.